The number of nitrogens with one attached hydrogen (secondary N) is 2. The zero-order chi connectivity index (χ0) is 13.5. The standard InChI is InChI=1S/C14H27N3O2.2ClH/c1-17(13-4-2-3-5-13)8-6-16-14(18)10-12-11-19-9-7-15-12;;/h12-13,15H,2-11H2,1H3,(H,16,18);2*1H. The van der Waals surface area contributed by atoms with Gasteiger partial charge >= 0.3 is 0 Å². The van der Waals surface area contributed by atoms with Crippen LogP contribution in [0.5, 0.6) is 0 Å². The Balaban J connectivity index is 0.00000200. The summed E-state index contributed by atoms with van der Waals surface area (Å²) in [6, 6.07) is 0.909. The van der Waals surface area contributed by atoms with Crippen LogP contribution in [-0.4, -0.2) is 62.8 Å². The van der Waals surface area contributed by atoms with Gasteiger partial charge in [0.05, 0.1) is 13.2 Å². The Morgan fingerprint density at radius 1 is 1.33 bits per heavy atom. The summed E-state index contributed by atoms with van der Waals surface area (Å²) in [5.41, 5.74) is 0. The first-order valence-electron chi connectivity index (χ1n) is 7.54. The smallest absolute Gasteiger partial charge is 0.221 e. The largest absolute Gasteiger partial charge is 0.378 e. The van der Waals surface area contributed by atoms with E-state index < -0.39 is 0 Å². The second-order valence-electron chi connectivity index (χ2n) is 5.70. The molecule has 1 unspecified atom stereocenters. The van der Waals surface area contributed by atoms with Gasteiger partial charge in [-0.15, -0.1) is 24.8 Å². The van der Waals surface area contributed by atoms with Crippen LogP contribution in [0.1, 0.15) is 32.1 Å². The van der Waals surface area contributed by atoms with Crippen LogP contribution in [-0.2, 0) is 9.53 Å². The molecule has 1 amide bonds. The zero-order valence-electron chi connectivity index (χ0n) is 12.8. The van der Waals surface area contributed by atoms with Crippen molar-refractivity contribution in [3.63, 3.8) is 0 Å². The normalized spacial score (nSPS) is 22.5. The van der Waals surface area contributed by atoms with Gasteiger partial charge in [0.1, 0.15) is 0 Å². The minimum Gasteiger partial charge on any atom is -0.378 e. The summed E-state index contributed by atoms with van der Waals surface area (Å²) in [4.78, 5) is 14.2. The minimum absolute atomic E-state index is 0. The van der Waals surface area contributed by atoms with Crippen molar-refractivity contribution in [2.75, 3.05) is 39.9 Å². The summed E-state index contributed by atoms with van der Waals surface area (Å²) >= 11 is 0. The van der Waals surface area contributed by atoms with Crippen molar-refractivity contribution in [2.45, 2.75) is 44.2 Å². The van der Waals surface area contributed by atoms with Crippen molar-refractivity contribution in [3.05, 3.63) is 0 Å². The molecular formula is C14H29Cl2N3O2. The predicted molar refractivity (Wildman–Crippen MR) is 89.6 cm³/mol. The number of carbonyl (C=O) groups excluding carboxylic acids is 1. The number of rotatable bonds is 6. The monoisotopic (exact) mass is 341 g/mol. The van der Waals surface area contributed by atoms with Crippen molar-refractivity contribution < 1.29 is 9.53 Å². The maximum absolute atomic E-state index is 11.8. The first-order chi connectivity index (χ1) is 9.25. The number of ether oxygens (including phenoxy) is 1. The van der Waals surface area contributed by atoms with Gasteiger partial charge in [0.2, 0.25) is 5.91 Å². The molecule has 0 aromatic heterocycles. The second kappa shape index (κ2) is 11.5. The molecule has 1 saturated heterocycles. The van der Waals surface area contributed by atoms with Crippen LogP contribution in [0.15, 0.2) is 0 Å². The summed E-state index contributed by atoms with van der Waals surface area (Å²) in [5, 5.41) is 6.31. The van der Waals surface area contributed by atoms with Gasteiger partial charge < -0.3 is 20.3 Å². The lowest BCUT2D eigenvalue weighted by molar-refractivity contribution is -0.122. The quantitative estimate of drug-likeness (QED) is 0.762. The van der Waals surface area contributed by atoms with Crippen LogP contribution in [0.2, 0.25) is 0 Å². The third-order valence-electron chi connectivity index (χ3n) is 4.16. The lowest BCUT2D eigenvalue weighted by Gasteiger charge is -2.25. The van der Waals surface area contributed by atoms with E-state index in [0.717, 1.165) is 32.3 Å². The third kappa shape index (κ3) is 7.66. The number of amides is 1. The average Bonchev–Trinajstić information content (AvgIpc) is 2.93. The van der Waals surface area contributed by atoms with Crippen molar-refractivity contribution in [1.82, 2.24) is 15.5 Å². The Morgan fingerprint density at radius 3 is 2.67 bits per heavy atom. The molecule has 1 aliphatic carbocycles. The molecule has 1 atom stereocenters. The second-order valence-corrected chi connectivity index (χ2v) is 5.70. The molecule has 2 rings (SSSR count). The Bertz CT molecular complexity index is 283. The molecule has 2 aliphatic rings. The van der Waals surface area contributed by atoms with Crippen LogP contribution < -0.4 is 10.6 Å². The highest BCUT2D eigenvalue weighted by molar-refractivity contribution is 5.85. The number of likely N-dealkylation sites (N-methyl/N-ethyl adjacent to an activating group) is 1. The number of carbonyl (C=O) groups is 1. The maximum Gasteiger partial charge on any atom is 0.221 e. The highest BCUT2D eigenvalue weighted by Gasteiger charge is 2.20. The molecule has 2 N–H and O–H groups in total. The Morgan fingerprint density at radius 2 is 2.05 bits per heavy atom. The molecule has 0 spiro atoms. The van der Waals surface area contributed by atoms with Gasteiger partial charge in [0.15, 0.2) is 0 Å². The van der Waals surface area contributed by atoms with E-state index in [-0.39, 0.29) is 36.8 Å². The maximum atomic E-state index is 11.8. The van der Waals surface area contributed by atoms with Gasteiger partial charge in [-0.25, -0.2) is 0 Å². The van der Waals surface area contributed by atoms with E-state index in [2.05, 4.69) is 22.6 Å². The molecule has 1 aliphatic heterocycles. The number of morpholine rings is 1. The van der Waals surface area contributed by atoms with Crippen LogP contribution in [0.25, 0.3) is 0 Å². The topological polar surface area (TPSA) is 53.6 Å². The van der Waals surface area contributed by atoms with Crippen LogP contribution >= 0.6 is 24.8 Å². The van der Waals surface area contributed by atoms with Crippen LogP contribution in [0.3, 0.4) is 0 Å². The van der Waals surface area contributed by atoms with Gasteiger partial charge in [-0.05, 0) is 19.9 Å². The first-order valence-corrected chi connectivity index (χ1v) is 7.54. The lowest BCUT2D eigenvalue weighted by Crippen LogP contribution is -2.45. The van der Waals surface area contributed by atoms with E-state index >= 15 is 0 Å². The van der Waals surface area contributed by atoms with Crippen molar-refractivity contribution in [3.8, 4) is 0 Å². The van der Waals surface area contributed by atoms with Gasteiger partial charge in [-0.3, -0.25) is 4.79 Å². The highest BCUT2D eigenvalue weighted by atomic mass is 35.5. The molecule has 5 nitrogen and oxygen atoms in total. The van der Waals surface area contributed by atoms with Gasteiger partial charge in [-0.1, -0.05) is 12.8 Å². The summed E-state index contributed by atoms with van der Waals surface area (Å²) < 4.78 is 5.34. The Hall–Kier alpha value is -0.0700. The van der Waals surface area contributed by atoms with Gasteiger partial charge in [-0.2, -0.15) is 0 Å². The van der Waals surface area contributed by atoms with E-state index in [1.165, 1.54) is 25.7 Å². The van der Waals surface area contributed by atoms with Crippen molar-refractivity contribution >= 4 is 30.7 Å². The first kappa shape index (κ1) is 20.9. The summed E-state index contributed by atoms with van der Waals surface area (Å²) in [6.45, 7) is 3.95. The van der Waals surface area contributed by atoms with E-state index in [0.29, 0.717) is 13.0 Å². The van der Waals surface area contributed by atoms with Crippen molar-refractivity contribution in [2.24, 2.45) is 0 Å². The Kier molecular flexibility index (Phi) is 11.5. The fourth-order valence-electron chi connectivity index (χ4n) is 2.95. The van der Waals surface area contributed by atoms with E-state index in [1.807, 2.05) is 0 Å². The highest BCUT2D eigenvalue weighted by Crippen LogP contribution is 2.21. The van der Waals surface area contributed by atoms with E-state index in [1.54, 1.807) is 0 Å². The van der Waals surface area contributed by atoms with Crippen LogP contribution in [0.4, 0.5) is 0 Å². The average molecular weight is 342 g/mol. The minimum atomic E-state index is 0. The molecule has 21 heavy (non-hydrogen) atoms. The fourth-order valence-corrected chi connectivity index (χ4v) is 2.95. The molecule has 1 heterocycles. The van der Waals surface area contributed by atoms with E-state index in [9.17, 15) is 4.79 Å². The lowest BCUT2D eigenvalue weighted by atomic mass is 10.2. The molecule has 1 saturated carbocycles. The summed E-state index contributed by atoms with van der Waals surface area (Å²) in [7, 11) is 2.17. The molecule has 0 bridgehead atoms. The summed E-state index contributed by atoms with van der Waals surface area (Å²) in [5.74, 6) is 0.128. The fraction of sp³-hybridized carbons (Fsp3) is 0.929. The zero-order valence-corrected chi connectivity index (χ0v) is 14.4. The number of hydrogen-bond acceptors (Lipinski definition) is 4. The van der Waals surface area contributed by atoms with Gasteiger partial charge in [0.25, 0.3) is 0 Å². The van der Waals surface area contributed by atoms with Gasteiger partial charge in [0, 0.05) is 38.1 Å². The molecule has 7 heteroatoms. The molecule has 0 aromatic carbocycles. The SMILES string of the molecule is CN(CCNC(=O)CC1COCCN1)C1CCCC1.Cl.Cl. The number of halogens is 2. The number of nitrogens with zero attached hydrogens (tertiary/aromatic N) is 1. The van der Waals surface area contributed by atoms with Crippen LogP contribution in [0, 0.1) is 0 Å². The molecule has 0 aromatic rings. The molecule has 2 fully saturated rings. The predicted octanol–water partition coefficient (Wildman–Crippen LogP) is 1.20. The van der Waals surface area contributed by atoms with E-state index in [4.69, 9.17) is 4.74 Å². The third-order valence-corrected chi connectivity index (χ3v) is 4.16. The molecule has 0 radical (unpaired) electrons. The Labute approximate surface area is 140 Å². The van der Waals surface area contributed by atoms with Crippen molar-refractivity contribution in [1.29, 1.82) is 0 Å². The summed E-state index contributed by atoms with van der Waals surface area (Å²) in [6.07, 6.45) is 5.86. The number of hydrogen-bond donors (Lipinski definition) is 2. The molecular weight excluding hydrogens is 313 g/mol. The molecule has 126 valence electrons.